The van der Waals surface area contributed by atoms with Gasteiger partial charge in [-0.2, -0.15) is 13.2 Å². The van der Waals surface area contributed by atoms with E-state index in [4.69, 9.17) is 4.42 Å². The summed E-state index contributed by atoms with van der Waals surface area (Å²) in [5.41, 5.74) is 0.923. The molecule has 0 saturated heterocycles. The van der Waals surface area contributed by atoms with Crippen LogP contribution in [0.3, 0.4) is 0 Å². The molecule has 1 aromatic heterocycles. The molecule has 0 fully saturated rings. The van der Waals surface area contributed by atoms with Crippen LogP contribution in [-0.2, 0) is 0 Å². The third-order valence-corrected chi connectivity index (χ3v) is 4.54. The predicted molar refractivity (Wildman–Crippen MR) is 112 cm³/mol. The number of anilines is 2. The molecule has 31 heavy (non-hydrogen) atoms. The average Bonchev–Trinajstić information content (AvgIpc) is 3.18. The lowest BCUT2D eigenvalue weighted by molar-refractivity contribution is -0.153. The summed E-state index contributed by atoms with van der Waals surface area (Å²) in [6.45, 7) is -1.40. The number of nitrogens with one attached hydrogen (secondary N) is 1. The van der Waals surface area contributed by atoms with Crippen LogP contribution in [0.1, 0.15) is 20.9 Å². The number of para-hydroxylation sites is 1. The van der Waals surface area contributed by atoms with Crippen molar-refractivity contribution in [1.82, 2.24) is 0 Å². The molecular formula is C21H16BrF3N2O4. The van der Waals surface area contributed by atoms with Crippen LogP contribution in [0.4, 0.5) is 24.5 Å². The minimum atomic E-state index is -4.44. The zero-order valence-electron chi connectivity index (χ0n) is 16.1. The Morgan fingerprint density at radius 3 is 2.35 bits per heavy atom. The first-order valence-electron chi connectivity index (χ1n) is 8.87. The number of ether oxygens (including phenoxy) is 1. The van der Waals surface area contributed by atoms with E-state index in [1.165, 1.54) is 42.3 Å². The number of nitrogens with zero attached hydrogens (tertiary/aromatic N) is 1. The van der Waals surface area contributed by atoms with Crippen molar-refractivity contribution in [2.24, 2.45) is 0 Å². The van der Waals surface area contributed by atoms with Gasteiger partial charge in [0.1, 0.15) is 5.75 Å². The molecule has 1 N–H and O–H groups in total. The first kappa shape index (κ1) is 22.4. The van der Waals surface area contributed by atoms with Gasteiger partial charge in [-0.05, 0) is 64.5 Å². The SMILES string of the molecule is CN(C(=O)c1ccc(Br)o1)c1ccccc1C(=O)Nc1ccc(OCC(F)(F)F)cc1. The van der Waals surface area contributed by atoms with Crippen LogP contribution in [0.5, 0.6) is 5.75 Å². The zero-order valence-corrected chi connectivity index (χ0v) is 17.7. The lowest BCUT2D eigenvalue weighted by Crippen LogP contribution is -2.28. The highest BCUT2D eigenvalue weighted by Crippen LogP contribution is 2.25. The van der Waals surface area contributed by atoms with Crippen molar-refractivity contribution in [3.05, 3.63) is 76.7 Å². The van der Waals surface area contributed by atoms with Crippen molar-refractivity contribution >= 4 is 39.1 Å². The highest BCUT2D eigenvalue weighted by Gasteiger charge is 2.28. The minimum absolute atomic E-state index is 0.0191. The van der Waals surface area contributed by atoms with Gasteiger partial charge in [0.25, 0.3) is 11.8 Å². The molecule has 2 aromatic carbocycles. The van der Waals surface area contributed by atoms with Crippen molar-refractivity contribution in [2.45, 2.75) is 6.18 Å². The standard InChI is InChI=1S/C21H16BrF3N2O4/c1-27(20(29)17-10-11-18(22)31-17)16-5-3-2-4-15(16)19(28)26-13-6-8-14(9-7-13)30-12-21(23,24)25/h2-11H,12H2,1H3,(H,26,28). The number of carbonyl (C=O) groups excluding carboxylic acids is 2. The number of furan rings is 1. The largest absolute Gasteiger partial charge is 0.484 e. The Kier molecular flexibility index (Phi) is 6.69. The van der Waals surface area contributed by atoms with Gasteiger partial charge in [-0.25, -0.2) is 0 Å². The molecule has 162 valence electrons. The van der Waals surface area contributed by atoms with E-state index in [9.17, 15) is 22.8 Å². The van der Waals surface area contributed by atoms with Crippen LogP contribution in [-0.4, -0.2) is 31.6 Å². The maximum absolute atomic E-state index is 12.8. The lowest BCUT2D eigenvalue weighted by Gasteiger charge is -2.19. The fraction of sp³-hybridized carbons (Fsp3) is 0.143. The molecule has 0 bridgehead atoms. The monoisotopic (exact) mass is 496 g/mol. The molecule has 6 nitrogen and oxygen atoms in total. The minimum Gasteiger partial charge on any atom is -0.484 e. The zero-order chi connectivity index (χ0) is 22.6. The van der Waals surface area contributed by atoms with E-state index >= 15 is 0 Å². The second-order valence-electron chi connectivity index (χ2n) is 6.37. The topological polar surface area (TPSA) is 71.8 Å². The highest BCUT2D eigenvalue weighted by atomic mass is 79.9. The van der Waals surface area contributed by atoms with Crippen LogP contribution in [0.15, 0.2) is 69.8 Å². The summed E-state index contributed by atoms with van der Waals surface area (Å²) in [6.07, 6.45) is -4.44. The van der Waals surface area contributed by atoms with Crippen molar-refractivity contribution in [3.8, 4) is 5.75 Å². The van der Waals surface area contributed by atoms with Gasteiger partial charge < -0.3 is 19.4 Å². The number of rotatable bonds is 6. The molecule has 0 aliphatic carbocycles. The van der Waals surface area contributed by atoms with Crippen LogP contribution in [0, 0.1) is 0 Å². The predicted octanol–water partition coefficient (Wildman–Crippen LogP) is 5.51. The molecule has 0 saturated carbocycles. The number of halogens is 4. The van der Waals surface area contributed by atoms with E-state index in [0.717, 1.165) is 0 Å². The molecule has 0 radical (unpaired) electrons. The van der Waals surface area contributed by atoms with E-state index < -0.39 is 24.6 Å². The Morgan fingerprint density at radius 2 is 1.74 bits per heavy atom. The van der Waals surface area contributed by atoms with Gasteiger partial charge >= 0.3 is 6.18 Å². The maximum atomic E-state index is 12.8. The number of hydrogen-bond donors (Lipinski definition) is 1. The molecule has 0 aliphatic heterocycles. The van der Waals surface area contributed by atoms with Crippen LogP contribution < -0.4 is 15.0 Å². The number of hydrogen-bond acceptors (Lipinski definition) is 4. The van der Waals surface area contributed by atoms with Crippen LogP contribution in [0.2, 0.25) is 0 Å². The summed E-state index contributed by atoms with van der Waals surface area (Å²) in [6, 6.07) is 15.1. The summed E-state index contributed by atoms with van der Waals surface area (Å²) in [5.74, 6) is -0.832. The van der Waals surface area contributed by atoms with Crippen LogP contribution in [0.25, 0.3) is 0 Å². The molecule has 3 aromatic rings. The van der Waals surface area contributed by atoms with Crippen molar-refractivity contribution in [2.75, 3.05) is 23.9 Å². The van der Waals surface area contributed by atoms with Crippen molar-refractivity contribution in [1.29, 1.82) is 0 Å². The van der Waals surface area contributed by atoms with Gasteiger partial charge in [0.2, 0.25) is 0 Å². The van der Waals surface area contributed by atoms with E-state index in [0.29, 0.717) is 16.0 Å². The molecule has 10 heteroatoms. The quantitative estimate of drug-likeness (QED) is 0.488. The first-order chi connectivity index (χ1) is 14.6. The summed E-state index contributed by atoms with van der Waals surface area (Å²) in [5, 5.41) is 2.65. The number of alkyl halides is 3. The fourth-order valence-corrected chi connectivity index (χ4v) is 2.97. The smallest absolute Gasteiger partial charge is 0.422 e. The van der Waals surface area contributed by atoms with Crippen molar-refractivity contribution < 1.29 is 31.9 Å². The van der Waals surface area contributed by atoms with E-state index in [1.54, 1.807) is 30.3 Å². The Morgan fingerprint density at radius 1 is 1.06 bits per heavy atom. The number of amides is 2. The summed E-state index contributed by atoms with van der Waals surface area (Å²) < 4.78 is 47.0. The number of benzene rings is 2. The fourth-order valence-electron chi connectivity index (χ4n) is 2.66. The first-order valence-corrected chi connectivity index (χ1v) is 9.67. The second kappa shape index (κ2) is 9.25. The molecule has 2 amide bonds. The molecule has 0 aliphatic rings. The molecule has 0 unspecified atom stereocenters. The molecule has 0 spiro atoms. The highest BCUT2D eigenvalue weighted by molar-refractivity contribution is 9.10. The summed E-state index contributed by atoms with van der Waals surface area (Å²) >= 11 is 3.14. The van der Waals surface area contributed by atoms with Gasteiger partial charge in [-0.3, -0.25) is 9.59 Å². The molecule has 1 heterocycles. The number of carbonyl (C=O) groups is 2. The Labute approximate surface area is 183 Å². The Hall–Kier alpha value is -3.27. The Bertz CT molecular complexity index is 1080. The maximum Gasteiger partial charge on any atom is 0.422 e. The van der Waals surface area contributed by atoms with E-state index in [1.807, 2.05) is 0 Å². The van der Waals surface area contributed by atoms with Crippen molar-refractivity contribution in [3.63, 3.8) is 0 Å². The lowest BCUT2D eigenvalue weighted by atomic mass is 10.1. The van der Waals surface area contributed by atoms with Gasteiger partial charge in [0.05, 0.1) is 11.3 Å². The normalized spacial score (nSPS) is 11.1. The van der Waals surface area contributed by atoms with Gasteiger partial charge in [-0.1, -0.05) is 12.1 Å². The average molecular weight is 497 g/mol. The molecule has 3 rings (SSSR count). The molecule has 0 atom stereocenters. The van der Waals surface area contributed by atoms with Gasteiger partial charge in [0.15, 0.2) is 17.0 Å². The third-order valence-electron chi connectivity index (χ3n) is 4.11. The third kappa shape index (κ3) is 5.88. The van der Waals surface area contributed by atoms with E-state index in [2.05, 4.69) is 26.0 Å². The van der Waals surface area contributed by atoms with E-state index in [-0.39, 0.29) is 17.1 Å². The molecular weight excluding hydrogens is 481 g/mol. The Balaban J connectivity index is 1.73. The van der Waals surface area contributed by atoms with Gasteiger partial charge in [-0.15, -0.1) is 0 Å². The summed E-state index contributed by atoms with van der Waals surface area (Å²) in [7, 11) is 1.51. The summed E-state index contributed by atoms with van der Waals surface area (Å²) in [4.78, 5) is 26.7. The second-order valence-corrected chi connectivity index (χ2v) is 7.15. The van der Waals surface area contributed by atoms with Crippen LogP contribution >= 0.6 is 15.9 Å². The van der Waals surface area contributed by atoms with Gasteiger partial charge in [0, 0.05) is 12.7 Å².